The van der Waals surface area contributed by atoms with E-state index in [0.717, 1.165) is 56.3 Å². The average molecular weight is 360 g/mol. The van der Waals surface area contributed by atoms with Gasteiger partial charge in [-0.3, -0.25) is 0 Å². The zero-order valence-electron chi connectivity index (χ0n) is 16.3. The van der Waals surface area contributed by atoms with E-state index in [9.17, 15) is 15.0 Å². The molecule has 2 amide bonds. The molecule has 1 aliphatic heterocycles. The fraction of sp³-hybridized carbons (Fsp3) is 0.667. The Labute approximate surface area is 156 Å². The third kappa shape index (κ3) is 3.36. The number of rotatable bonds is 3. The Morgan fingerprint density at radius 3 is 2.46 bits per heavy atom. The molecule has 5 heteroatoms. The number of phenolic OH excluding ortho intramolecular Hbond substituents is 2. The van der Waals surface area contributed by atoms with Crippen LogP contribution in [0.2, 0.25) is 0 Å². The van der Waals surface area contributed by atoms with Gasteiger partial charge >= 0.3 is 6.03 Å². The molecular weight excluding hydrogens is 328 g/mol. The van der Waals surface area contributed by atoms with Crippen molar-refractivity contribution in [1.82, 2.24) is 10.2 Å². The van der Waals surface area contributed by atoms with Crippen LogP contribution in [-0.2, 0) is 11.8 Å². The van der Waals surface area contributed by atoms with Crippen molar-refractivity contribution in [2.75, 3.05) is 19.6 Å². The quantitative estimate of drug-likeness (QED) is 0.716. The van der Waals surface area contributed by atoms with Crippen LogP contribution in [0.15, 0.2) is 12.1 Å². The first-order valence-corrected chi connectivity index (χ1v) is 9.83. The Hall–Kier alpha value is -1.91. The molecular formula is C21H32N2O3. The van der Waals surface area contributed by atoms with Crippen LogP contribution in [0.25, 0.3) is 0 Å². The SMILES string of the molecule is CC1(C)CCc2cc(O)c(O)cc2C1(C)CCNC(=O)N1CCCCC1. The van der Waals surface area contributed by atoms with Crippen LogP contribution in [-0.4, -0.2) is 40.8 Å². The van der Waals surface area contributed by atoms with E-state index >= 15 is 0 Å². The van der Waals surface area contributed by atoms with E-state index in [4.69, 9.17) is 0 Å². The maximum atomic E-state index is 12.4. The van der Waals surface area contributed by atoms with Gasteiger partial charge in [0.1, 0.15) is 0 Å². The van der Waals surface area contributed by atoms with Gasteiger partial charge in [0, 0.05) is 19.6 Å². The molecule has 0 bridgehead atoms. The molecule has 1 aliphatic carbocycles. The summed E-state index contributed by atoms with van der Waals surface area (Å²) in [5, 5.41) is 23.0. The smallest absolute Gasteiger partial charge is 0.317 e. The van der Waals surface area contributed by atoms with Gasteiger partial charge in [0.2, 0.25) is 0 Å². The highest BCUT2D eigenvalue weighted by Gasteiger charge is 2.46. The summed E-state index contributed by atoms with van der Waals surface area (Å²) in [6.07, 6.45) is 6.11. The number of aromatic hydroxyl groups is 2. The van der Waals surface area contributed by atoms with Crippen LogP contribution >= 0.6 is 0 Å². The number of hydrogen-bond acceptors (Lipinski definition) is 3. The maximum Gasteiger partial charge on any atom is 0.317 e. The molecule has 0 aromatic heterocycles. The Morgan fingerprint density at radius 1 is 1.12 bits per heavy atom. The lowest BCUT2D eigenvalue weighted by Gasteiger charge is -2.49. The van der Waals surface area contributed by atoms with Crippen LogP contribution in [0, 0.1) is 5.41 Å². The number of amides is 2. The van der Waals surface area contributed by atoms with Crippen LogP contribution in [0.1, 0.15) is 64.0 Å². The largest absolute Gasteiger partial charge is 0.504 e. The number of carbonyl (C=O) groups excluding carboxylic acids is 1. The fourth-order valence-corrected chi connectivity index (χ4v) is 4.53. The molecule has 3 rings (SSSR count). The highest BCUT2D eigenvalue weighted by atomic mass is 16.3. The van der Waals surface area contributed by atoms with Crippen molar-refractivity contribution in [3.63, 3.8) is 0 Å². The summed E-state index contributed by atoms with van der Waals surface area (Å²) in [4.78, 5) is 14.3. The van der Waals surface area contributed by atoms with Gasteiger partial charge in [-0.1, -0.05) is 20.8 Å². The molecule has 2 aliphatic rings. The zero-order chi connectivity index (χ0) is 18.9. The summed E-state index contributed by atoms with van der Waals surface area (Å²) in [6, 6.07) is 3.46. The molecule has 0 radical (unpaired) electrons. The average Bonchev–Trinajstić information content (AvgIpc) is 2.61. The molecule has 0 spiro atoms. The van der Waals surface area contributed by atoms with E-state index in [1.807, 2.05) is 4.90 Å². The van der Waals surface area contributed by atoms with Crippen LogP contribution in [0.3, 0.4) is 0 Å². The summed E-state index contributed by atoms with van der Waals surface area (Å²) in [5.74, 6) is -0.116. The topological polar surface area (TPSA) is 72.8 Å². The number of piperidine rings is 1. The number of nitrogens with one attached hydrogen (secondary N) is 1. The van der Waals surface area contributed by atoms with Gasteiger partial charge < -0.3 is 20.4 Å². The molecule has 1 saturated heterocycles. The van der Waals surface area contributed by atoms with Crippen molar-refractivity contribution >= 4 is 6.03 Å². The highest BCUT2D eigenvalue weighted by Crippen LogP contribution is 2.53. The number of urea groups is 1. The first-order valence-electron chi connectivity index (χ1n) is 9.83. The van der Waals surface area contributed by atoms with Gasteiger partial charge in [-0.05, 0) is 72.6 Å². The lowest BCUT2D eigenvalue weighted by atomic mass is 9.55. The van der Waals surface area contributed by atoms with Gasteiger partial charge in [0.25, 0.3) is 0 Å². The number of benzene rings is 1. The summed E-state index contributed by atoms with van der Waals surface area (Å²) < 4.78 is 0. The van der Waals surface area contributed by atoms with Gasteiger partial charge in [0.05, 0.1) is 0 Å². The lowest BCUT2D eigenvalue weighted by Crippen LogP contribution is -2.48. The van der Waals surface area contributed by atoms with E-state index in [-0.39, 0.29) is 28.4 Å². The second kappa shape index (κ2) is 7.01. The van der Waals surface area contributed by atoms with E-state index in [0.29, 0.717) is 6.54 Å². The number of fused-ring (bicyclic) bond motifs is 1. The molecule has 3 N–H and O–H groups in total. The predicted octanol–water partition coefficient (Wildman–Crippen LogP) is 3.91. The minimum atomic E-state index is -0.180. The Balaban J connectivity index is 1.74. The highest BCUT2D eigenvalue weighted by molar-refractivity contribution is 5.74. The molecule has 1 atom stereocenters. The standard InChI is InChI=1S/C21H32N2O3/c1-20(2)8-7-15-13-17(24)18(25)14-16(15)21(20,3)9-10-22-19(26)23-11-5-4-6-12-23/h13-14,24-25H,4-12H2,1-3H3,(H,22,26). The van der Waals surface area contributed by atoms with Gasteiger partial charge in [0.15, 0.2) is 11.5 Å². The van der Waals surface area contributed by atoms with Crippen molar-refractivity contribution in [2.24, 2.45) is 5.41 Å². The molecule has 1 heterocycles. The van der Waals surface area contributed by atoms with Crippen LogP contribution in [0.4, 0.5) is 4.79 Å². The Kier molecular flexibility index (Phi) is 5.09. The van der Waals surface area contributed by atoms with E-state index in [1.165, 1.54) is 6.42 Å². The number of likely N-dealkylation sites (tertiary alicyclic amines) is 1. The molecule has 1 aromatic carbocycles. The Morgan fingerprint density at radius 2 is 1.77 bits per heavy atom. The van der Waals surface area contributed by atoms with E-state index in [1.54, 1.807) is 12.1 Å². The molecule has 1 aromatic rings. The molecule has 144 valence electrons. The number of nitrogens with zero attached hydrogens (tertiary/aromatic N) is 1. The summed E-state index contributed by atoms with van der Waals surface area (Å²) in [7, 11) is 0. The second-order valence-electron chi connectivity index (χ2n) is 8.74. The molecule has 1 unspecified atom stereocenters. The van der Waals surface area contributed by atoms with Crippen molar-refractivity contribution in [3.05, 3.63) is 23.3 Å². The lowest BCUT2D eigenvalue weighted by molar-refractivity contribution is 0.133. The zero-order valence-corrected chi connectivity index (χ0v) is 16.3. The minimum Gasteiger partial charge on any atom is -0.504 e. The molecule has 0 saturated carbocycles. The third-order valence-corrected chi connectivity index (χ3v) is 6.85. The molecule has 1 fully saturated rings. The first kappa shape index (κ1) is 18.9. The van der Waals surface area contributed by atoms with Crippen LogP contribution in [0.5, 0.6) is 11.5 Å². The maximum absolute atomic E-state index is 12.4. The predicted molar refractivity (Wildman–Crippen MR) is 103 cm³/mol. The van der Waals surface area contributed by atoms with Crippen LogP contribution < -0.4 is 5.32 Å². The normalized spacial score (nSPS) is 24.8. The van der Waals surface area contributed by atoms with Crippen molar-refractivity contribution in [1.29, 1.82) is 0 Å². The number of hydrogen-bond donors (Lipinski definition) is 3. The molecule has 5 nitrogen and oxygen atoms in total. The van der Waals surface area contributed by atoms with Gasteiger partial charge in [-0.25, -0.2) is 4.79 Å². The van der Waals surface area contributed by atoms with E-state index < -0.39 is 0 Å². The van der Waals surface area contributed by atoms with Gasteiger partial charge in [-0.15, -0.1) is 0 Å². The van der Waals surface area contributed by atoms with Crippen molar-refractivity contribution < 1.29 is 15.0 Å². The third-order valence-electron chi connectivity index (χ3n) is 6.85. The second-order valence-corrected chi connectivity index (χ2v) is 8.74. The Bertz CT molecular complexity index is 680. The summed E-state index contributed by atoms with van der Waals surface area (Å²) in [6.45, 7) is 9.04. The van der Waals surface area contributed by atoms with Gasteiger partial charge in [-0.2, -0.15) is 0 Å². The number of carbonyl (C=O) groups is 1. The van der Waals surface area contributed by atoms with E-state index in [2.05, 4.69) is 26.1 Å². The minimum absolute atomic E-state index is 0.0377. The van der Waals surface area contributed by atoms with Crippen molar-refractivity contribution in [3.8, 4) is 11.5 Å². The first-order chi connectivity index (χ1) is 12.2. The number of aryl methyl sites for hydroxylation is 1. The summed E-state index contributed by atoms with van der Waals surface area (Å²) in [5.41, 5.74) is 2.06. The summed E-state index contributed by atoms with van der Waals surface area (Å²) >= 11 is 0. The molecule has 26 heavy (non-hydrogen) atoms. The van der Waals surface area contributed by atoms with Crippen molar-refractivity contribution in [2.45, 2.75) is 64.7 Å². The monoisotopic (exact) mass is 360 g/mol. The fourth-order valence-electron chi connectivity index (χ4n) is 4.53. The number of phenols is 2.